The molecular weight excluding hydrogens is 416 g/mol. The lowest BCUT2D eigenvalue weighted by molar-refractivity contribution is 0.102. The minimum Gasteiger partial charge on any atom is -0.306 e. The first-order valence-corrected chi connectivity index (χ1v) is 12.1. The molecule has 0 fully saturated rings. The van der Waals surface area contributed by atoms with Crippen LogP contribution in [-0.4, -0.2) is 50.9 Å². The van der Waals surface area contributed by atoms with Gasteiger partial charge in [0.2, 0.25) is 10.0 Å². The molecule has 158 valence electrons. The fourth-order valence-electron chi connectivity index (χ4n) is 3.03. The number of carbonyl (C=O) groups excluding carboxylic acids is 1. The summed E-state index contributed by atoms with van der Waals surface area (Å²) >= 11 is 0. The molecule has 0 spiro atoms. The van der Waals surface area contributed by atoms with Gasteiger partial charge in [-0.2, -0.15) is 5.10 Å². The van der Waals surface area contributed by atoms with Crippen LogP contribution in [0.3, 0.4) is 0 Å². The maximum absolute atomic E-state index is 12.8. The van der Waals surface area contributed by atoms with Gasteiger partial charge in [0, 0.05) is 25.2 Å². The van der Waals surface area contributed by atoms with Crippen molar-refractivity contribution in [1.82, 2.24) is 14.1 Å². The standard InChI is InChI=1S/C18H24N4O5S2/c1-18(2,3)22-16(14-10-28(24,25)11-15(14)20-22)19-17(23)12-6-8-13(9-7-12)29(26,27)21(4)5/h6-9H,10-11H2,1-5H3,(H,19,23). The summed E-state index contributed by atoms with van der Waals surface area (Å²) in [6.07, 6.45) is 0. The van der Waals surface area contributed by atoms with E-state index in [0.717, 1.165) is 4.31 Å². The second-order valence-corrected chi connectivity index (χ2v) is 12.4. The number of amides is 1. The summed E-state index contributed by atoms with van der Waals surface area (Å²) in [5, 5.41) is 7.18. The fraction of sp³-hybridized carbons (Fsp3) is 0.444. The second-order valence-electron chi connectivity index (χ2n) is 8.15. The number of sulfonamides is 1. The zero-order valence-electron chi connectivity index (χ0n) is 16.9. The van der Waals surface area contributed by atoms with Crippen molar-refractivity contribution in [2.45, 2.75) is 42.7 Å². The Hall–Kier alpha value is -2.24. The number of carbonyl (C=O) groups is 1. The molecule has 1 amide bonds. The number of rotatable bonds is 4. The van der Waals surface area contributed by atoms with Gasteiger partial charge < -0.3 is 5.32 Å². The number of anilines is 1. The van der Waals surface area contributed by atoms with Crippen molar-refractivity contribution >= 4 is 31.6 Å². The van der Waals surface area contributed by atoms with E-state index >= 15 is 0 Å². The number of aromatic nitrogens is 2. The Labute approximate surface area is 170 Å². The minimum absolute atomic E-state index is 0.0748. The zero-order chi connectivity index (χ0) is 21.8. The van der Waals surface area contributed by atoms with Crippen LogP contribution in [0.15, 0.2) is 29.2 Å². The molecule has 0 radical (unpaired) electrons. The van der Waals surface area contributed by atoms with E-state index in [-0.39, 0.29) is 22.0 Å². The summed E-state index contributed by atoms with van der Waals surface area (Å²) < 4.78 is 51.0. The van der Waals surface area contributed by atoms with Crippen LogP contribution in [0.4, 0.5) is 5.82 Å². The van der Waals surface area contributed by atoms with Gasteiger partial charge in [0.15, 0.2) is 9.84 Å². The predicted octanol–water partition coefficient (Wildman–Crippen LogP) is 1.57. The van der Waals surface area contributed by atoms with Crippen molar-refractivity contribution in [3.8, 4) is 0 Å². The van der Waals surface area contributed by atoms with E-state index in [1.807, 2.05) is 20.8 Å². The Bertz CT molecular complexity index is 1170. The summed E-state index contributed by atoms with van der Waals surface area (Å²) in [6.45, 7) is 5.71. The average molecular weight is 441 g/mol. The highest BCUT2D eigenvalue weighted by Gasteiger charge is 2.35. The van der Waals surface area contributed by atoms with Crippen molar-refractivity contribution < 1.29 is 21.6 Å². The van der Waals surface area contributed by atoms with Crippen LogP contribution in [0.2, 0.25) is 0 Å². The molecule has 29 heavy (non-hydrogen) atoms. The van der Waals surface area contributed by atoms with E-state index in [4.69, 9.17) is 0 Å². The fourth-order valence-corrected chi connectivity index (χ4v) is 5.42. The van der Waals surface area contributed by atoms with E-state index < -0.39 is 31.3 Å². The number of nitrogens with zero attached hydrogens (tertiary/aromatic N) is 3. The van der Waals surface area contributed by atoms with Gasteiger partial charge >= 0.3 is 0 Å². The molecule has 1 aromatic carbocycles. The Kier molecular flexibility index (Phi) is 5.13. The van der Waals surface area contributed by atoms with Gasteiger partial charge in [-0.15, -0.1) is 0 Å². The van der Waals surface area contributed by atoms with Crippen LogP contribution in [0, 0.1) is 0 Å². The average Bonchev–Trinajstić information content (AvgIpc) is 3.07. The summed E-state index contributed by atoms with van der Waals surface area (Å²) in [4.78, 5) is 12.9. The topological polar surface area (TPSA) is 118 Å². The minimum atomic E-state index is -3.60. The van der Waals surface area contributed by atoms with Crippen LogP contribution in [0.5, 0.6) is 0 Å². The first-order chi connectivity index (χ1) is 13.2. The van der Waals surface area contributed by atoms with E-state index in [1.54, 1.807) is 4.68 Å². The monoisotopic (exact) mass is 440 g/mol. The molecule has 0 saturated carbocycles. The summed E-state index contributed by atoms with van der Waals surface area (Å²) in [6, 6.07) is 5.56. The van der Waals surface area contributed by atoms with Crippen LogP contribution in [-0.2, 0) is 36.9 Å². The van der Waals surface area contributed by atoms with E-state index in [2.05, 4.69) is 10.4 Å². The van der Waals surface area contributed by atoms with Gasteiger partial charge in [0.05, 0.1) is 27.6 Å². The highest BCUT2D eigenvalue weighted by Crippen LogP contribution is 2.34. The predicted molar refractivity (Wildman–Crippen MR) is 109 cm³/mol. The Morgan fingerprint density at radius 1 is 1.14 bits per heavy atom. The lowest BCUT2D eigenvalue weighted by atomic mass is 10.1. The number of benzene rings is 1. The number of hydrogen-bond acceptors (Lipinski definition) is 6. The zero-order valence-corrected chi connectivity index (χ0v) is 18.6. The largest absolute Gasteiger partial charge is 0.306 e. The first kappa shape index (κ1) is 21.5. The molecule has 1 N–H and O–H groups in total. The lowest BCUT2D eigenvalue weighted by Crippen LogP contribution is -2.27. The molecule has 0 bridgehead atoms. The van der Waals surface area contributed by atoms with Crippen LogP contribution >= 0.6 is 0 Å². The quantitative estimate of drug-likeness (QED) is 0.771. The molecule has 0 unspecified atom stereocenters. The maximum Gasteiger partial charge on any atom is 0.256 e. The lowest BCUT2D eigenvalue weighted by Gasteiger charge is -2.23. The number of fused-ring (bicyclic) bond motifs is 1. The molecule has 0 saturated heterocycles. The highest BCUT2D eigenvalue weighted by atomic mass is 32.2. The summed E-state index contributed by atoms with van der Waals surface area (Å²) in [7, 11) is -4.01. The van der Waals surface area contributed by atoms with Gasteiger partial charge in [-0.1, -0.05) is 0 Å². The molecule has 11 heteroatoms. The maximum atomic E-state index is 12.8. The molecular formula is C18H24N4O5S2. The number of hydrogen-bond donors (Lipinski definition) is 1. The molecule has 9 nitrogen and oxygen atoms in total. The summed E-state index contributed by atoms with van der Waals surface area (Å²) in [5.74, 6) is -0.445. The number of sulfone groups is 1. The third kappa shape index (κ3) is 4.07. The van der Waals surface area contributed by atoms with E-state index in [0.29, 0.717) is 17.1 Å². The third-order valence-electron chi connectivity index (χ3n) is 4.55. The second kappa shape index (κ2) is 6.92. The Balaban J connectivity index is 1.94. The third-order valence-corrected chi connectivity index (χ3v) is 7.82. The highest BCUT2D eigenvalue weighted by molar-refractivity contribution is 7.90. The van der Waals surface area contributed by atoms with Gasteiger partial charge in [-0.25, -0.2) is 25.8 Å². The van der Waals surface area contributed by atoms with Crippen molar-refractivity contribution in [1.29, 1.82) is 0 Å². The van der Waals surface area contributed by atoms with Crippen molar-refractivity contribution in [3.63, 3.8) is 0 Å². The molecule has 1 aromatic heterocycles. The van der Waals surface area contributed by atoms with Crippen molar-refractivity contribution in [2.75, 3.05) is 19.4 Å². The normalized spacial score (nSPS) is 16.1. The molecule has 0 atom stereocenters. The Morgan fingerprint density at radius 3 is 2.24 bits per heavy atom. The van der Waals surface area contributed by atoms with Crippen molar-refractivity contribution in [2.24, 2.45) is 0 Å². The smallest absolute Gasteiger partial charge is 0.256 e. The molecule has 2 aromatic rings. The van der Waals surface area contributed by atoms with Gasteiger partial charge in [-0.3, -0.25) is 4.79 Å². The molecule has 0 aliphatic carbocycles. The van der Waals surface area contributed by atoms with Crippen LogP contribution < -0.4 is 5.32 Å². The summed E-state index contributed by atoms with van der Waals surface area (Å²) in [5.41, 5.74) is 0.724. The number of nitrogens with one attached hydrogen (secondary N) is 1. The van der Waals surface area contributed by atoms with Gasteiger partial charge in [-0.05, 0) is 45.0 Å². The first-order valence-electron chi connectivity index (χ1n) is 8.88. The van der Waals surface area contributed by atoms with E-state index in [1.165, 1.54) is 38.4 Å². The van der Waals surface area contributed by atoms with Crippen LogP contribution in [0.1, 0.15) is 42.4 Å². The van der Waals surface area contributed by atoms with Crippen LogP contribution in [0.25, 0.3) is 0 Å². The Morgan fingerprint density at radius 2 is 1.72 bits per heavy atom. The van der Waals surface area contributed by atoms with Gasteiger partial charge in [0.1, 0.15) is 5.82 Å². The van der Waals surface area contributed by atoms with E-state index in [9.17, 15) is 21.6 Å². The van der Waals surface area contributed by atoms with Gasteiger partial charge in [0.25, 0.3) is 5.91 Å². The SMILES string of the molecule is CN(C)S(=O)(=O)c1ccc(C(=O)Nc2c3c(nn2C(C)(C)C)CS(=O)(=O)C3)cc1. The molecule has 2 heterocycles. The molecule has 1 aliphatic rings. The van der Waals surface area contributed by atoms with Crippen molar-refractivity contribution in [3.05, 3.63) is 41.1 Å². The molecule has 1 aliphatic heterocycles. The molecule has 3 rings (SSSR count).